The smallest absolute Gasteiger partial charge is 0.244 e. The fraction of sp³-hybridized carbons (Fsp3) is 0.375. The van der Waals surface area contributed by atoms with Gasteiger partial charge in [0, 0.05) is 35.5 Å². The highest BCUT2D eigenvalue weighted by Gasteiger charge is 2.64. The van der Waals surface area contributed by atoms with E-state index in [0.29, 0.717) is 50.4 Å². The molecule has 5 aliphatic rings. The van der Waals surface area contributed by atoms with Crippen LogP contribution in [0.2, 0.25) is 0 Å². The molecule has 0 radical (unpaired) electrons. The molecule has 2 saturated heterocycles. The van der Waals surface area contributed by atoms with Gasteiger partial charge in [0.1, 0.15) is 24.0 Å². The third kappa shape index (κ3) is 4.01. The fourth-order valence-corrected chi connectivity index (χ4v) is 7.94. The molecule has 1 aromatic heterocycles. The average Bonchev–Trinajstić information content (AvgIpc) is 3.44. The summed E-state index contributed by atoms with van der Waals surface area (Å²) in [5.41, 5.74) is 2.12. The monoisotopic (exact) mass is 585 g/mol. The minimum atomic E-state index is -0.818. The first-order chi connectivity index (χ1) is 20.7. The lowest BCUT2D eigenvalue weighted by Crippen LogP contribution is -2.76. The van der Waals surface area contributed by atoms with Crippen LogP contribution < -0.4 is 16.0 Å². The van der Waals surface area contributed by atoms with Crippen LogP contribution in [0.25, 0.3) is 0 Å². The molecular weight excluding hydrogens is 556 g/mol. The van der Waals surface area contributed by atoms with Crippen molar-refractivity contribution >= 4 is 29.2 Å². The Labute approximate surface area is 246 Å². The number of fused-ring (bicyclic) bond motifs is 3. The standard InChI is InChI=1S/C32H29F2N5O4/c33-21-6-19(7-22(34)9-21)25-12-36-32(14-30(15-32)16-43-17-30)29(42)39(25)13-26(40)37-23-4-3-18-10-31(11-20(18)8-23)24-2-1-5-35-27(24)38-28(31)41/h1-9,25,36H,10-17H2,(H,37,40)(H,35,38,41). The van der Waals surface area contributed by atoms with Gasteiger partial charge in [0.2, 0.25) is 17.7 Å². The second-order valence-corrected chi connectivity index (χ2v) is 12.8. The first-order valence-corrected chi connectivity index (χ1v) is 14.5. The molecule has 220 valence electrons. The Morgan fingerprint density at radius 2 is 1.81 bits per heavy atom. The molecule has 2 unspecified atom stereocenters. The number of anilines is 2. The summed E-state index contributed by atoms with van der Waals surface area (Å²) in [6, 6.07) is 11.8. The largest absolute Gasteiger partial charge is 0.380 e. The van der Waals surface area contributed by atoms with E-state index in [1.54, 1.807) is 12.3 Å². The van der Waals surface area contributed by atoms with Gasteiger partial charge in [0.25, 0.3) is 0 Å². The van der Waals surface area contributed by atoms with Gasteiger partial charge < -0.3 is 25.6 Å². The third-order valence-electron chi connectivity index (χ3n) is 9.90. The maximum atomic E-state index is 14.2. The van der Waals surface area contributed by atoms with Gasteiger partial charge in [-0.25, -0.2) is 13.8 Å². The molecule has 3 amide bonds. The minimum absolute atomic E-state index is 0.0248. The van der Waals surface area contributed by atoms with Crippen molar-refractivity contribution in [3.05, 3.63) is 88.6 Å². The van der Waals surface area contributed by atoms with Crippen molar-refractivity contribution < 1.29 is 27.9 Å². The van der Waals surface area contributed by atoms with Crippen LogP contribution in [0.15, 0.2) is 54.7 Å². The second-order valence-electron chi connectivity index (χ2n) is 12.8. The van der Waals surface area contributed by atoms with Gasteiger partial charge in [-0.2, -0.15) is 0 Å². The number of pyridine rings is 1. The number of ether oxygens (including phenoxy) is 1. The zero-order valence-corrected chi connectivity index (χ0v) is 23.2. The van der Waals surface area contributed by atoms with E-state index in [2.05, 4.69) is 20.9 Å². The van der Waals surface area contributed by atoms with Gasteiger partial charge in [0.05, 0.1) is 30.2 Å². The first kappa shape index (κ1) is 26.4. The Morgan fingerprint density at radius 1 is 1.05 bits per heavy atom. The molecule has 1 saturated carbocycles. The highest BCUT2D eigenvalue weighted by molar-refractivity contribution is 6.06. The number of piperazine rings is 1. The van der Waals surface area contributed by atoms with E-state index in [-0.39, 0.29) is 35.9 Å². The molecule has 4 heterocycles. The lowest BCUT2D eigenvalue weighted by Gasteiger charge is -2.62. The van der Waals surface area contributed by atoms with Crippen molar-refractivity contribution in [2.75, 3.05) is 36.9 Å². The first-order valence-electron chi connectivity index (χ1n) is 14.5. The number of rotatable bonds is 4. The summed E-state index contributed by atoms with van der Waals surface area (Å²) < 4.78 is 33.7. The number of nitrogens with zero attached hydrogens (tertiary/aromatic N) is 2. The van der Waals surface area contributed by atoms with Gasteiger partial charge in [0.15, 0.2) is 0 Å². The van der Waals surface area contributed by atoms with Crippen LogP contribution in [0.1, 0.15) is 41.1 Å². The molecule has 3 aromatic rings. The highest BCUT2D eigenvalue weighted by atomic mass is 19.1. The van der Waals surface area contributed by atoms with E-state index in [1.807, 2.05) is 24.3 Å². The number of halogens is 2. The quantitative estimate of drug-likeness (QED) is 0.434. The van der Waals surface area contributed by atoms with Gasteiger partial charge in [-0.05, 0) is 72.7 Å². The highest BCUT2D eigenvalue weighted by Crippen LogP contribution is 2.55. The average molecular weight is 586 g/mol. The van der Waals surface area contributed by atoms with Crippen LogP contribution in [-0.4, -0.2) is 59.4 Å². The molecule has 2 atom stereocenters. The minimum Gasteiger partial charge on any atom is -0.380 e. The van der Waals surface area contributed by atoms with Crippen LogP contribution >= 0.6 is 0 Å². The number of carbonyl (C=O) groups excluding carboxylic acids is 3. The SMILES string of the molecule is O=C(CN1C(=O)C2(CC3(COC3)C2)NCC1c1cc(F)cc(F)c1)Nc1ccc2c(c1)CC1(C2)C(=O)Nc2ncccc21. The number of amides is 3. The molecule has 43 heavy (non-hydrogen) atoms. The summed E-state index contributed by atoms with van der Waals surface area (Å²) in [4.78, 5) is 46.2. The Balaban J connectivity index is 1.03. The predicted octanol–water partition coefficient (Wildman–Crippen LogP) is 3.01. The summed E-state index contributed by atoms with van der Waals surface area (Å²) in [7, 11) is 0. The second kappa shape index (κ2) is 9.14. The Morgan fingerprint density at radius 3 is 2.56 bits per heavy atom. The van der Waals surface area contributed by atoms with E-state index < -0.39 is 34.5 Å². The molecular formula is C32H29F2N5O4. The Hall–Kier alpha value is -4.22. The van der Waals surface area contributed by atoms with E-state index >= 15 is 0 Å². The van der Waals surface area contributed by atoms with Crippen molar-refractivity contribution in [3.63, 3.8) is 0 Å². The van der Waals surface area contributed by atoms with Crippen molar-refractivity contribution in [1.82, 2.24) is 15.2 Å². The van der Waals surface area contributed by atoms with Crippen LogP contribution in [0.4, 0.5) is 20.3 Å². The van der Waals surface area contributed by atoms with Gasteiger partial charge >= 0.3 is 0 Å². The molecule has 11 heteroatoms. The molecule has 3 aliphatic heterocycles. The number of carbonyl (C=O) groups is 3. The summed E-state index contributed by atoms with van der Waals surface area (Å²) in [5, 5.41) is 9.16. The van der Waals surface area contributed by atoms with E-state index in [0.717, 1.165) is 22.8 Å². The number of nitrogens with one attached hydrogen (secondary N) is 3. The maximum absolute atomic E-state index is 14.2. The van der Waals surface area contributed by atoms with Crippen molar-refractivity contribution in [2.45, 2.75) is 42.7 Å². The number of hydrogen-bond acceptors (Lipinski definition) is 6. The molecule has 9 nitrogen and oxygen atoms in total. The summed E-state index contributed by atoms with van der Waals surface area (Å²) >= 11 is 0. The Bertz CT molecular complexity index is 1700. The van der Waals surface area contributed by atoms with Crippen molar-refractivity contribution in [1.29, 1.82) is 0 Å². The van der Waals surface area contributed by atoms with Crippen molar-refractivity contribution in [3.8, 4) is 0 Å². The number of hydrogen-bond donors (Lipinski definition) is 3. The molecule has 2 aromatic carbocycles. The summed E-state index contributed by atoms with van der Waals surface area (Å²) in [5.74, 6) is -1.66. The molecule has 3 spiro atoms. The summed E-state index contributed by atoms with van der Waals surface area (Å²) in [6.45, 7) is 1.19. The third-order valence-corrected chi connectivity index (χ3v) is 9.90. The number of benzene rings is 2. The molecule has 3 fully saturated rings. The lowest BCUT2D eigenvalue weighted by molar-refractivity contribution is -0.207. The lowest BCUT2D eigenvalue weighted by atomic mass is 9.55. The van der Waals surface area contributed by atoms with Crippen LogP contribution in [0, 0.1) is 17.0 Å². The molecule has 3 N–H and O–H groups in total. The molecule has 8 rings (SSSR count). The zero-order chi connectivity index (χ0) is 29.6. The summed E-state index contributed by atoms with van der Waals surface area (Å²) in [6.07, 6.45) is 3.86. The van der Waals surface area contributed by atoms with E-state index in [9.17, 15) is 23.2 Å². The van der Waals surface area contributed by atoms with Crippen LogP contribution in [-0.2, 0) is 37.4 Å². The van der Waals surface area contributed by atoms with Gasteiger partial charge in [-0.3, -0.25) is 14.4 Å². The van der Waals surface area contributed by atoms with Crippen LogP contribution in [0.3, 0.4) is 0 Å². The Kier molecular flexibility index (Phi) is 5.61. The van der Waals surface area contributed by atoms with E-state index in [1.165, 1.54) is 17.0 Å². The maximum Gasteiger partial charge on any atom is 0.244 e. The van der Waals surface area contributed by atoms with Crippen LogP contribution in [0.5, 0.6) is 0 Å². The van der Waals surface area contributed by atoms with Gasteiger partial charge in [-0.15, -0.1) is 0 Å². The van der Waals surface area contributed by atoms with Crippen molar-refractivity contribution in [2.24, 2.45) is 5.41 Å². The molecule has 0 bridgehead atoms. The molecule has 2 aliphatic carbocycles. The fourth-order valence-electron chi connectivity index (χ4n) is 7.94. The topological polar surface area (TPSA) is 113 Å². The number of aromatic nitrogens is 1. The van der Waals surface area contributed by atoms with E-state index in [4.69, 9.17) is 4.74 Å². The van der Waals surface area contributed by atoms with Gasteiger partial charge in [-0.1, -0.05) is 12.1 Å². The normalized spacial score (nSPS) is 25.7. The predicted molar refractivity (Wildman–Crippen MR) is 151 cm³/mol. The zero-order valence-electron chi connectivity index (χ0n) is 23.2.